The number of hydrogen-bond acceptors (Lipinski definition) is 5. The summed E-state index contributed by atoms with van der Waals surface area (Å²) >= 11 is 0. The summed E-state index contributed by atoms with van der Waals surface area (Å²) < 4.78 is 16.3. The second kappa shape index (κ2) is 7.03. The van der Waals surface area contributed by atoms with E-state index in [-0.39, 0.29) is 11.7 Å². The summed E-state index contributed by atoms with van der Waals surface area (Å²) in [6, 6.07) is 13.2. The Bertz CT molecular complexity index is 1150. The fourth-order valence-electron chi connectivity index (χ4n) is 2.88. The summed E-state index contributed by atoms with van der Waals surface area (Å²) in [4.78, 5) is 12.7. The number of benzene rings is 2. The van der Waals surface area contributed by atoms with Crippen LogP contribution in [0.5, 0.6) is 0 Å². The van der Waals surface area contributed by atoms with Crippen molar-refractivity contribution in [1.82, 2.24) is 30.0 Å². The quantitative estimate of drug-likeness (QED) is 0.591. The molecule has 0 aliphatic heterocycles. The van der Waals surface area contributed by atoms with Crippen LogP contribution in [-0.2, 0) is 7.05 Å². The fraction of sp³-hybridized carbons (Fsp3) is 0.105. The molecule has 0 saturated heterocycles. The molecule has 2 aromatic heterocycles. The first-order valence-corrected chi connectivity index (χ1v) is 8.47. The summed E-state index contributed by atoms with van der Waals surface area (Å²) in [6.45, 7) is 1.78. The van der Waals surface area contributed by atoms with Gasteiger partial charge in [0.05, 0.1) is 23.1 Å². The number of carbonyl (C=O) groups is 1. The van der Waals surface area contributed by atoms with Gasteiger partial charge in [-0.2, -0.15) is 5.10 Å². The Labute approximate surface area is 159 Å². The van der Waals surface area contributed by atoms with Crippen molar-refractivity contribution in [3.05, 3.63) is 71.8 Å². The van der Waals surface area contributed by atoms with E-state index < -0.39 is 0 Å². The van der Waals surface area contributed by atoms with E-state index in [9.17, 15) is 9.18 Å². The number of aryl methyl sites for hydroxylation is 1. The van der Waals surface area contributed by atoms with Crippen LogP contribution in [0.4, 0.5) is 10.1 Å². The first-order valence-electron chi connectivity index (χ1n) is 8.47. The van der Waals surface area contributed by atoms with Crippen LogP contribution < -0.4 is 5.32 Å². The minimum absolute atomic E-state index is 0.292. The van der Waals surface area contributed by atoms with Crippen molar-refractivity contribution in [1.29, 1.82) is 0 Å². The van der Waals surface area contributed by atoms with Crippen LogP contribution >= 0.6 is 0 Å². The van der Waals surface area contributed by atoms with Gasteiger partial charge in [0.2, 0.25) is 0 Å². The number of rotatable bonds is 4. The first kappa shape index (κ1) is 17.5. The van der Waals surface area contributed by atoms with E-state index in [0.29, 0.717) is 28.5 Å². The van der Waals surface area contributed by atoms with E-state index in [1.807, 2.05) is 12.1 Å². The highest BCUT2D eigenvalue weighted by Crippen LogP contribution is 2.21. The molecule has 1 amide bonds. The normalized spacial score (nSPS) is 10.8. The molecular formula is C19H16FN7O. The topological polar surface area (TPSA) is 90.5 Å². The number of carbonyl (C=O) groups excluding carboxylic acids is 1. The summed E-state index contributed by atoms with van der Waals surface area (Å²) in [5.41, 5.74) is 3.14. The largest absolute Gasteiger partial charge is 0.322 e. The van der Waals surface area contributed by atoms with Gasteiger partial charge in [-0.3, -0.25) is 4.79 Å². The van der Waals surface area contributed by atoms with Crippen LogP contribution in [0.1, 0.15) is 16.1 Å². The van der Waals surface area contributed by atoms with Crippen LogP contribution in [0.25, 0.3) is 17.1 Å². The minimum Gasteiger partial charge on any atom is -0.322 e. The smallest absolute Gasteiger partial charge is 0.259 e. The molecule has 0 aliphatic rings. The van der Waals surface area contributed by atoms with Gasteiger partial charge in [0, 0.05) is 18.3 Å². The Morgan fingerprint density at radius 1 is 1.14 bits per heavy atom. The van der Waals surface area contributed by atoms with Crippen molar-refractivity contribution in [3.8, 4) is 17.1 Å². The van der Waals surface area contributed by atoms with Gasteiger partial charge >= 0.3 is 0 Å². The second-order valence-corrected chi connectivity index (χ2v) is 6.19. The highest BCUT2D eigenvalue weighted by molar-refractivity contribution is 6.05. The van der Waals surface area contributed by atoms with Gasteiger partial charge in [-0.15, -0.1) is 5.10 Å². The molecular weight excluding hydrogens is 361 g/mol. The SMILES string of the molecule is Cc1c(C(=O)Nc2cccc(-c3nnnn3C)c2)cnn1-c1ccc(F)cc1. The van der Waals surface area contributed by atoms with Crippen molar-refractivity contribution >= 4 is 11.6 Å². The molecule has 0 fully saturated rings. The maximum atomic E-state index is 13.1. The number of nitrogens with zero attached hydrogens (tertiary/aromatic N) is 6. The minimum atomic E-state index is -0.329. The molecule has 1 N–H and O–H groups in total. The molecule has 8 nitrogen and oxygen atoms in total. The second-order valence-electron chi connectivity index (χ2n) is 6.19. The van der Waals surface area contributed by atoms with Gasteiger partial charge in [0.25, 0.3) is 5.91 Å². The standard InChI is InChI=1S/C19H16FN7O/c1-12-17(11-21-27(12)16-8-6-14(20)7-9-16)19(28)22-15-5-3-4-13(10-15)18-23-24-25-26(18)2/h3-11H,1-2H3,(H,22,28). The van der Waals surface area contributed by atoms with Crippen LogP contribution in [0.2, 0.25) is 0 Å². The number of tetrazole rings is 1. The van der Waals surface area contributed by atoms with E-state index in [0.717, 1.165) is 5.56 Å². The van der Waals surface area contributed by atoms with Crippen molar-refractivity contribution in [3.63, 3.8) is 0 Å². The predicted molar refractivity (Wildman–Crippen MR) is 100 cm³/mol. The van der Waals surface area contributed by atoms with E-state index in [2.05, 4.69) is 25.9 Å². The monoisotopic (exact) mass is 377 g/mol. The average molecular weight is 377 g/mol. The molecule has 0 unspecified atom stereocenters. The number of halogens is 1. The number of amides is 1. The molecule has 4 rings (SSSR count). The van der Waals surface area contributed by atoms with Crippen LogP contribution in [-0.4, -0.2) is 35.9 Å². The van der Waals surface area contributed by atoms with Crippen molar-refractivity contribution in [2.45, 2.75) is 6.92 Å². The molecule has 2 heterocycles. The molecule has 0 aliphatic carbocycles. The number of hydrogen-bond donors (Lipinski definition) is 1. The third-order valence-electron chi connectivity index (χ3n) is 4.32. The Balaban J connectivity index is 1.58. The van der Waals surface area contributed by atoms with E-state index in [1.54, 1.807) is 47.6 Å². The third kappa shape index (κ3) is 3.25. The lowest BCUT2D eigenvalue weighted by Gasteiger charge is -2.08. The van der Waals surface area contributed by atoms with E-state index in [1.165, 1.54) is 18.3 Å². The lowest BCUT2D eigenvalue weighted by Crippen LogP contribution is -2.13. The molecule has 0 spiro atoms. The van der Waals surface area contributed by atoms with Crippen molar-refractivity contribution < 1.29 is 9.18 Å². The van der Waals surface area contributed by atoms with Crippen LogP contribution in [0.15, 0.2) is 54.7 Å². The Kier molecular flexibility index (Phi) is 4.40. The van der Waals surface area contributed by atoms with E-state index in [4.69, 9.17) is 0 Å². The Hall–Kier alpha value is -3.88. The summed E-state index contributed by atoms with van der Waals surface area (Å²) in [5.74, 6) is -0.0277. The molecule has 140 valence electrons. The molecule has 9 heteroatoms. The number of aromatic nitrogens is 6. The molecule has 0 saturated carbocycles. The number of anilines is 1. The maximum Gasteiger partial charge on any atom is 0.259 e. The summed E-state index contributed by atoms with van der Waals surface area (Å²) in [6.07, 6.45) is 1.49. The zero-order chi connectivity index (χ0) is 19.7. The molecule has 0 bridgehead atoms. The first-order chi connectivity index (χ1) is 13.5. The van der Waals surface area contributed by atoms with Gasteiger partial charge in [-0.25, -0.2) is 13.8 Å². The lowest BCUT2D eigenvalue weighted by molar-refractivity contribution is 0.102. The summed E-state index contributed by atoms with van der Waals surface area (Å²) in [5, 5.41) is 18.5. The van der Waals surface area contributed by atoms with E-state index >= 15 is 0 Å². The molecule has 0 radical (unpaired) electrons. The Morgan fingerprint density at radius 3 is 2.64 bits per heavy atom. The molecule has 28 heavy (non-hydrogen) atoms. The zero-order valence-corrected chi connectivity index (χ0v) is 15.2. The van der Waals surface area contributed by atoms with Gasteiger partial charge in [-0.05, 0) is 53.7 Å². The highest BCUT2D eigenvalue weighted by Gasteiger charge is 2.16. The predicted octanol–water partition coefficient (Wildman–Crippen LogP) is 2.76. The van der Waals surface area contributed by atoms with Crippen molar-refractivity contribution in [2.75, 3.05) is 5.32 Å². The summed E-state index contributed by atoms with van der Waals surface area (Å²) in [7, 11) is 1.74. The molecule has 4 aromatic rings. The number of nitrogens with one attached hydrogen (secondary N) is 1. The van der Waals surface area contributed by atoms with Gasteiger partial charge in [0.15, 0.2) is 5.82 Å². The molecule has 0 atom stereocenters. The fourth-order valence-corrected chi connectivity index (χ4v) is 2.88. The highest BCUT2D eigenvalue weighted by atomic mass is 19.1. The lowest BCUT2D eigenvalue weighted by atomic mass is 10.1. The maximum absolute atomic E-state index is 13.1. The van der Waals surface area contributed by atoms with Crippen molar-refractivity contribution in [2.24, 2.45) is 7.05 Å². The Morgan fingerprint density at radius 2 is 1.93 bits per heavy atom. The zero-order valence-electron chi connectivity index (χ0n) is 15.2. The third-order valence-corrected chi connectivity index (χ3v) is 4.32. The molecule has 2 aromatic carbocycles. The van der Waals surface area contributed by atoms with Gasteiger partial charge in [-0.1, -0.05) is 12.1 Å². The average Bonchev–Trinajstić information content (AvgIpc) is 3.28. The van der Waals surface area contributed by atoms with Gasteiger partial charge in [0.1, 0.15) is 5.82 Å². The van der Waals surface area contributed by atoms with Gasteiger partial charge < -0.3 is 5.32 Å². The van der Waals surface area contributed by atoms with Crippen LogP contribution in [0, 0.1) is 12.7 Å². The van der Waals surface area contributed by atoms with Crippen LogP contribution in [0.3, 0.4) is 0 Å².